The highest BCUT2D eigenvalue weighted by Crippen LogP contribution is 2.27. The highest BCUT2D eigenvalue weighted by molar-refractivity contribution is 5.97. The molecule has 0 aliphatic heterocycles. The molecule has 156 valence electrons. The second kappa shape index (κ2) is 9.72. The van der Waals surface area contributed by atoms with Crippen molar-refractivity contribution in [1.29, 1.82) is 5.26 Å². The Morgan fingerprint density at radius 3 is 2.45 bits per heavy atom. The number of nitrogens with one attached hydrogen (secondary N) is 1. The molecule has 0 bridgehead atoms. The van der Waals surface area contributed by atoms with Gasteiger partial charge in [0.05, 0.1) is 5.56 Å². The van der Waals surface area contributed by atoms with E-state index in [1.807, 2.05) is 48.5 Å². The monoisotopic (exact) mass is 414 g/mol. The zero-order valence-corrected chi connectivity index (χ0v) is 16.9. The molecule has 1 aromatic heterocycles. The number of carbonyl (C=O) groups excluding carboxylic acids is 1. The van der Waals surface area contributed by atoms with Crippen molar-refractivity contribution in [3.63, 3.8) is 0 Å². The Kier molecular flexibility index (Phi) is 6.38. The van der Waals surface area contributed by atoms with Crippen LogP contribution in [0.1, 0.15) is 41.7 Å². The first-order valence-corrected chi connectivity index (χ1v) is 10.2. The van der Waals surface area contributed by atoms with Crippen LogP contribution in [0.5, 0.6) is 17.4 Å². The topological polar surface area (TPSA) is 97.1 Å². The van der Waals surface area contributed by atoms with E-state index in [1.54, 1.807) is 12.1 Å². The number of aromatic nitrogens is 2. The van der Waals surface area contributed by atoms with Crippen molar-refractivity contribution in [2.24, 2.45) is 0 Å². The normalized spacial score (nSPS) is 17.9. The Labute approximate surface area is 180 Å². The summed E-state index contributed by atoms with van der Waals surface area (Å²) in [7, 11) is 0. The lowest BCUT2D eigenvalue weighted by Gasteiger charge is -2.29. The summed E-state index contributed by atoms with van der Waals surface area (Å²) in [4.78, 5) is 21.0. The molecule has 1 N–H and O–H groups in total. The molecule has 0 spiro atoms. The molecule has 0 atom stereocenters. The van der Waals surface area contributed by atoms with Gasteiger partial charge in [-0.2, -0.15) is 5.26 Å². The molecule has 7 heteroatoms. The Morgan fingerprint density at radius 2 is 1.68 bits per heavy atom. The third kappa shape index (κ3) is 5.17. The van der Waals surface area contributed by atoms with E-state index >= 15 is 0 Å². The van der Waals surface area contributed by atoms with E-state index in [2.05, 4.69) is 15.3 Å². The first-order valence-electron chi connectivity index (χ1n) is 10.2. The molecular weight excluding hydrogens is 392 g/mol. The number of carbonyl (C=O) groups is 1. The van der Waals surface area contributed by atoms with Crippen LogP contribution in [-0.2, 0) is 0 Å². The van der Waals surface area contributed by atoms with E-state index in [1.165, 1.54) is 12.4 Å². The molecule has 7 nitrogen and oxygen atoms in total. The SMILES string of the molecule is N#Cc1nccnc1OC1CCC(NC(=O)c2ccccc2Oc2ccccc2)CC1. The van der Waals surface area contributed by atoms with E-state index in [0.29, 0.717) is 17.1 Å². The molecule has 4 rings (SSSR count). The number of nitrogens with zero attached hydrogens (tertiary/aromatic N) is 3. The zero-order chi connectivity index (χ0) is 21.5. The minimum atomic E-state index is -0.156. The van der Waals surface area contributed by atoms with Gasteiger partial charge in [-0.3, -0.25) is 4.79 Å². The maximum absolute atomic E-state index is 12.9. The van der Waals surface area contributed by atoms with Gasteiger partial charge < -0.3 is 14.8 Å². The van der Waals surface area contributed by atoms with Gasteiger partial charge in [-0.25, -0.2) is 9.97 Å². The maximum Gasteiger partial charge on any atom is 0.255 e. The third-order valence-corrected chi connectivity index (χ3v) is 5.16. The number of hydrogen-bond donors (Lipinski definition) is 1. The standard InChI is InChI=1S/C24H22N4O3/c25-16-21-24(27-15-14-26-21)31-19-12-10-17(11-13-19)28-23(29)20-8-4-5-9-22(20)30-18-6-2-1-3-7-18/h1-9,14-15,17,19H,10-13H2,(H,28,29). The Balaban J connectivity index is 1.34. The van der Waals surface area contributed by atoms with Crippen LogP contribution in [0.2, 0.25) is 0 Å². The minimum Gasteiger partial charge on any atom is -0.472 e. The Morgan fingerprint density at radius 1 is 0.968 bits per heavy atom. The summed E-state index contributed by atoms with van der Waals surface area (Å²) in [5.41, 5.74) is 0.691. The van der Waals surface area contributed by atoms with E-state index in [-0.39, 0.29) is 29.6 Å². The van der Waals surface area contributed by atoms with Crippen molar-refractivity contribution in [3.05, 3.63) is 78.2 Å². The van der Waals surface area contributed by atoms with Crippen LogP contribution in [0.15, 0.2) is 67.0 Å². The lowest BCUT2D eigenvalue weighted by molar-refractivity contribution is 0.0887. The van der Waals surface area contributed by atoms with Gasteiger partial charge in [0, 0.05) is 18.4 Å². The maximum atomic E-state index is 12.9. The second-order valence-electron chi connectivity index (χ2n) is 7.30. The molecule has 31 heavy (non-hydrogen) atoms. The van der Waals surface area contributed by atoms with Gasteiger partial charge >= 0.3 is 0 Å². The fourth-order valence-corrected chi connectivity index (χ4v) is 3.59. The molecular formula is C24H22N4O3. The van der Waals surface area contributed by atoms with Gasteiger partial charge in [0.2, 0.25) is 5.69 Å². The van der Waals surface area contributed by atoms with Crippen LogP contribution in [0.4, 0.5) is 0 Å². The lowest BCUT2D eigenvalue weighted by atomic mass is 9.92. The molecule has 1 aliphatic rings. The van der Waals surface area contributed by atoms with E-state index < -0.39 is 0 Å². The summed E-state index contributed by atoms with van der Waals surface area (Å²) in [6, 6.07) is 18.7. The quantitative estimate of drug-likeness (QED) is 0.647. The molecule has 1 heterocycles. The third-order valence-electron chi connectivity index (χ3n) is 5.16. The molecule has 0 unspecified atom stereocenters. The molecule has 1 saturated carbocycles. The largest absolute Gasteiger partial charge is 0.472 e. The number of rotatable bonds is 6. The van der Waals surface area contributed by atoms with E-state index in [9.17, 15) is 4.79 Å². The highest BCUT2D eigenvalue weighted by atomic mass is 16.5. The van der Waals surface area contributed by atoms with Crippen LogP contribution in [0.3, 0.4) is 0 Å². The van der Waals surface area contributed by atoms with Gasteiger partial charge in [-0.1, -0.05) is 30.3 Å². The van der Waals surface area contributed by atoms with Crippen molar-refractivity contribution in [2.75, 3.05) is 0 Å². The number of benzene rings is 2. The smallest absolute Gasteiger partial charge is 0.255 e. The van der Waals surface area contributed by atoms with Gasteiger partial charge in [-0.05, 0) is 49.9 Å². The molecule has 1 fully saturated rings. The number of nitriles is 1. The van der Waals surface area contributed by atoms with Crippen molar-refractivity contribution < 1.29 is 14.3 Å². The fourth-order valence-electron chi connectivity index (χ4n) is 3.59. The fraction of sp³-hybridized carbons (Fsp3) is 0.250. The van der Waals surface area contributed by atoms with E-state index in [0.717, 1.165) is 25.7 Å². The second-order valence-corrected chi connectivity index (χ2v) is 7.30. The molecule has 3 aromatic rings. The summed E-state index contributed by atoms with van der Waals surface area (Å²) in [5.74, 6) is 1.32. The molecule has 0 radical (unpaired) electrons. The van der Waals surface area contributed by atoms with Crippen LogP contribution in [0, 0.1) is 11.3 Å². The van der Waals surface area contributed by atoms with Crippen molar-refractivity contribution >= 4 is 5.91 Å². The molecule has 1 aliphatic carbocycles. The molecule has 1 amide bonds. The summed E-state index contributed by atoms with van der Waals surface area (Å²) in [6.07, 6.45) is 6.00. The average Bonchev–Trinajstić information content (AvgIpc) is 2.82. The summed E-state index contributed by atoms with van der Waals surface area (Å²) >= 11 is 0. The predicted octanol–water partition coefficient (Wildman–Crippen LogP) is 4.26. The lowest BCUT2D eigenvalue weighted by Crippen LogP contribution is -2.39. The van der Waals surface area contributed by atoms with Crippen LogP contribution >= 0.6 is 0 Å². The van der Waals surface area contributed by atoms with Crippen molar-refractivity contribution in [3.8, 4) is 23.4 Å². The van der Waals surface area contributed by atoms with Gasteiger partial charge in [-0.15, -0.1) is 0 Å². The Bertz CT molecular complexity index is 1070. The predicted molar refractivity (Wildman–Crippen MR) is 114 cm³/mol. The summed E-state index contributed by atoms with van der Waals surface area (Å²) in [6.45, 7) is 0. The summed E-state index contributed by atoms with van der Waals surface area (Å²) in [5, 5.41) is 12.2. The first kappa shape index (κ1) is 20.4. The van der Waals surface area contributed by atoms with Gasteiger partial charge in [0.25, 0.3) is 11.8 Å². The van der Waals surface area contributed by atoms with Crippen molar-refractivity contribution in [2.45, 2.75) is 37.8 Å². The first-order chi connectivity index (χ1) is 15.2. The van der Waals surface area contributed by atoms with Crippen LogP contribution in [0.25, 0.3) is 0 Å². The molecule has 2 aromatic carbocycles. The summed E-state index contributed by atoms with van der Waals surface area (Å²) < 4.78 is 11.8. The number of ether oxygens (including phenoxy) is 2. The number of para-hydroxylation sites is 2. The minimum absolute atomic E-state index is 0.0503. The average molecular weight is 414 g/mol. The number of hydrogen-bond acceptors (Lipinski definition) is 6. The van der Waals surface area contributed by atoms with Gasteiger partial charge in [0.1, 0.15) is 23.7 Å². The van der Waals surface area contributed by atoms with E-state index in [4.69, 9.17) is 14.7 Å². The zero-order valence-electron chi connectivity index (χ0n) is 16.9. The highest BCUT2D eigenvalue weighted by Gasteiger charge is 2.26. The van der Waals surface area contributed by atoms with Crippen LogP contribution < -0.4 is 14.8 Å². The number of amides is 1. The van der Waals surface area contributed by atoms with Crippen molar-refractivity contribution in [1.82, 2.24) is 15.3 Å². The van der Waals surface area contributed by atoms with Gasteiger partial charge in [0.15, 0.2) is 0 Å². The molecule has 0 saturated heterocycles. The van der Waals surface area contributed by atoms with Crippen LogP contribution in [-0.4, -0.2) is 28.0 Å². The Hall–Kier alpha value is -3.92.